The van der Waals surface area contributed by atoms with Gasteiger partial charge in [-0.25, -0.2) is 0 Å². The van der Waals surface area contributed by atoms with Crippen LogP contribution in [0.1, 0.15) is 32.3 Å². The summed E-state index contributed by atoms with van der Waals surface area (Å²) in [6.07, 6.45) is 3.54. The Morgan fingerprint density at radius 2 is 2.11 bits per heavy atom. The molecular weight excluding hydrogens is 244 g/mol. The Hall–Kier alpha value is -0.730. The first-order valence-electron chi connectivity index (χ1n) is 6.87. The molecule has 100 valence electrons. The van der Waals surface area contributed by atoms with Crippen LogP contribution in [0, 0.1) is 5.92 Å². The largest absolute Gasteiger partial charge is 0.368 e. The number of halogens is 1. The molecule has 0 amide bonds. The zero-order valence-corrected chi connectivity index (χ0v) is 12.1. The van der Waals surface area contributed by atoms with E-state index in [2.05, 4.69) is 30.9 Å². The summed E-state index contributed by atoms with van der Waals surface area (Å²) in [7, 11) is 0. The van der Waals surface area contributed by atoms with Crippen molar-refractivity contribution >= 4 is 17.3 Å². The fourth-order valence-electron chi connectivity index (χ4n) is 2.39. The highest BCUT2D eigenvalue weighted by Gasteiger charge is 2.30. The van der Waals surface area contributed by atoms with E-state index in [1.165, 1.54) is 24.1 Å². The third-order valence-electron chi connectivity index (χ3n) is 3.32. The maximum absolute atomic E-state index is 6.16. The maximum Gasteiger partial charge on any atom is 0.0426 e. The van der Waals surface area contributed by atoms with Crippen LogP contribution in [0.25, 0.3) is 0 Å². The molecule has 2 N–H and O–H groups in total. The summed E-state index contributed by atoms with van der Waals surface area (Å²) in [5.41, 5.74) is 8.33. The van der Waals surface area contributed by atoms with E-state index in [0.29, 0.717) is 18.5 Å². The van der Waals surface area contributed by atoms with Gasteiger partial charge in [0.05, 0.1) is 0 Å². The third kappa shape index (κ3) is 3.39. The van der Waals surface area contributed by atoms with Crippen LogP contribution in [0.3, 0.4) is 0 Å². The SMILES string of the molecule is CC(C)CN(c1cc(Cl)ccc1CCN)C1CC1. The normalized spacial score (nSPS) is 15.2. The molecular formula is C15H23ClN2. The molecule has 0 spiro atoms. The molecule has 1 aromatic rings. The fraction of sp³-hybridized carbons (Fsp3) is 0.600. The minimum Gasteiger partial charge on any atom is -0.368 e. The Balaban J connectivity index is 2.29. The number of rotatable bonds is 6. The van der Waals surface area contributed by atoms with E-state index in [0.717, 1.165) is 18.0 Å². The molecule has 0 aromatic heterocycles. The highest BCUT2D eigenvalue weighted by Crippen LogP contribution is 2.35. The molecule has 0 atom stereocenters. The van der Waals surface area contributed by atoms with Gasteiger partial charge in [0.15, 0.2) is 0 Å². The summed E-state index contributed by atoms with van der Waals surface area (Å²) in [6, 6.07) is 6.91. The Morgan fingerprint density at radius 1 is 1.39 bits per heavy atom. The van der Waals surface area contributed by atoms with Crippen LogP contribution in [-0.2, 0) is 6.42 Å². The molecule has 0 saturated heterocycles. The van der Waals surface area contributed by atoms with Crippen molar-refractivity contribution in [2.24, 2.45) is 11.7 Å². The highest BCUT2D eigenvalue weighted by molar-refractivity contribution is 6.30. The number of hydrogen-bond acceptors (Lipinski definition) is 2. The van der Waals surface area contributed by atoms with Crippen molar-refractivity contribution in [1.29, 1.82) is 0 Å². The lowest BCUT2D eigenvalue weighted by atomic mass is 10.1. The van der Waals surface area contributed by atoms with Gasteiger partial charge in [-0.05, 0) is 49.4 Å². The van der Waals surface area contributed by atoms with Gasteiger partial charge in [-0.3, -0.25) is 0 Å². The monoisotopic (exact) mass is 266 g/mol. The van der Waals surface area contributed by atoms with E-state index in [9.17, 15) is 0 Å². The number of anilines is 1. The molecule has 3 heteroatoms. The lowest BCUT2D eigenvalue weighted by molar-refractivity contribution is 0.605. The Kier molecular flexibility index (Phi) is 4.52. The van der Waals surface area contributed by atoms with E-state index in [1.54, 1.807) is 0 Å². The molecule has 1 saturated carbocycles. The van der Waals surface area contributed by atoms with Crippen LogP contribution in [0.4, 0.5) is 5.69 Å². The summed E-state index contributed by atoms with van der Waals surface area (Å²) in [4.78, 5) is 2.53. The van der Waals surface area contributed by atoms with Gasteiger partial charge in [-0.1, -0.05) is 31.5 Å². The number of benzene rings is 1. The first-order valence-corrected chi connectivity index (χ1v) is 7.24. The summed E-state index contributed by atoms with van der Waals surface area (Å²) in [6.45, 7) is 6.32. The average molecular weight is 267 g/mol. The molecule has 0 bridgehead atoms. The van der Waals surface area contributed by atoms with Crippen molar-refractivity contribution in [2.75, 3.05) is 18.0 Å². The van der Waals surface area contributed by atoms with Gasteiger partial charge in [0.1, 0.15) is 0 Å². The molecule has 0 heterocycles. The molecule has 1 aliphatic rings. The molecule has 2 rings (SSSR count). The van der Waals surface area contributed by atoms with Gasteiger partial charge >= 0.3 is 0 Å². The van der Waals surface area contributed by atoms with Crippen molar-refractivity contribution in [3.63, 3.8) is 0 Å². The molecule has 1 aromatic carbocycles. The Morgan fingerprint density at radius 3 is 2.67 bits per heavy atom. The van der Waals surface area contributed by atoms with Crippen LogP contribution in [0.5, 0.6) is 0 Å². The zero-order chi connectivity index (χ0) is 13.1. The van der Waals surface area contributed by atoms with Crippen molar-refractivity contribution < 1.29 is 0 Å². The lowest BCUT2D eigenvalue weighted by Crippen LogP contribution is -2.31. The van der Waals surface area contributed by atoms with Crippen molar-refractivity contribution in [3.8, 4) is 0 Å². The van der Waals surface area contributed by atoms with Gasteiger partial charge in [0, 0.05) is 23.3 Å². The Bertz CT molecular complexity index is 399. The molecule has 0 aliphatic heterocycles. The van der Waals surface area contributed by atoms with E-state index >= 15 is 0 Å². The fourth-order valence-corrected chi connectivity index (χ4v) is 2.56. The topological polar surface area (TPSA) is 29.3 Å². The van der Waals surface area contributed by atoms with Crippen molar-refractivity contribution in [1.82, 2.24) is 0 Å². The van der Waals surface area contributed by atoms with Crippen LogP contribution in [0.15, 0.2) is 18.2 Å². The quantitative estimate of drug-likeness (QED) is 0.854. The third-order valence-corrected chi connectivity index (χ3v) is 3.56. The highest BCUT2D eigenvalue weighted by atomic mass is 35.5. The van der Waals surface area contributed by atoms with E-state index in [1.807, 2.05) is 6.07 Å². The standard InChI is InChI=1S/C15H23ClN2/c1-11(2)10-18(14-5-6-14)15-9-13(16)4-3-12(15)7-8-17/h3-4,9,11,14H,5-8,10,17H2,1-2H3. The molecule has 0 unspecified atom stereocenters. The summed E-state index contributed by atoms with van der Waals surface area (Å²) < 4.78 is 0. The first-order chi connectivity index (χ1) is 8.61. The second-order valence-corrected chi connectivity index (χ2v) is 6.03. The predicted octanol–water partition coefficient (Wildman–Crippen LogP) is 3.47. The molecule has 18 heavy (non-hydrogen) atoms. The smallest absolute Gasteiger partial charge is 0.0426 e. The molecule has 2 nitrogen and oxygen atoms in total. The molecule has 0 radical (unpaired) electrons. The minimum absolute atomic E-state index is 0.662. The first kappa shape index (κ1) is 13.7. The zero-order valence-electron chi connectivity index (χ0n) is 11.3. The van der Waals surface area contributed by atoms with Gasteiger partial charge in [-0.15, -0.1) is 0 Å². The van der Waals surface area contributed by atoms with Gasteiger partial charge in [0.25, 0.3) is 0 Å². The lowest BCUT2D eigenvalue weighted by Gasteiger charge is -2.29. The second kappa shape index (κ2) is 5.94. The summed E-state index contributed by atoms with van der Waals surface area (Å²) in [5.74, 6) is 0.662. The average Bonchev–Trinajstić information content (AvgIpc) is 3.12. The number of hydrogen-bond donors (Lipinski definition) is 1. The number of nitrogens with two attached hydrogens (primary N) is 1. The van der Waals surface area contributed by atoms with Crippen molar-refractivity contribution in [2.45, 2.75) is 39.2 Å². The molecule has 1 aliphatic carbocycles. The predicted molar refractivity (Wildman–Crippen MR) is 79.4 cm³/mol. The van der Waals surface area contributed by atoms with Gasteiger partial charge in [-0.2, -0.15) is 0 Å². The second-order valence-electron chi connectivity index (χ2n) is 5.59. The van der Waals surface area contributed by atoms with Crippen LogP contribution < -0.4 is 10.6 Å². The van der Waals surface area contributed by atoms with Gasteiger partial charge in [0.2, 0.25) is 0 Å². The van der Waals surface area contributed by atoms with Crippen LogP contribution >= 0.6 is 11.6 Å². The maximum atomic E-state index is 6.16. The molecule has 1 fully saturated rings. The van der Waals surface area contributed by atoms with E-state index in [4.69, 9.17) is 17.3 Å². The van der Waals surface area contributed by atoms with Gasteiger partial charge < -0.3 is 10.6 Å². The summed E-state index contributed by atoms with van der Waals surface area (Å²) >= 11 is 6.16. The summed E-state index contributed by atoms with van der Waals surface area (Å²) in [5, 5.41) is 0.820. The van der Waals surface area contributed by atoms with Crippen molar-refractivity contribution in [3.05, 3.63) is 28.8 Å². The minimum atomic E-state index is 0.662. The number of nitrogens with zero attached hydrogens (tertiary/aromatic N) is 1. The van der Waals surface area contributed by atoms with E-state index < -0.39 is 0 Å². The van der Waals surface area contributed by atoms with Crippen LogP contribution in [-0.4, -0.2) is 19.1 Å². The van der Waals surface area contributed by atoms with Crippen LogP contribution in [0.2, 0.25) is 5.02 Å². The Labute approximate surface area is 115 Å². The van der Waals surface area contributed by atoms with E-state index in [-0.39, 0.29) is 0 Å².